The van der Waals surface area contributed by atoms with Crippen LogP contribution in [-0.4, -0.2) is 15.8 Å². The monoisotopic (exact) mass is 320 g/mol. The van der Waals surface area contributed by atoms with Crippen molar-refractivity contribution >= 4 is 17.3 Å². The van der Waals surface area contributed by atoms with Crippen molar-refractivity contribution in [3.63, 3.8) is 0 Å². The van der Waals surface area contributed by atoms with E-state index < -0.39 is 33.1 Å². The number of nitrogens with zero attached hydrogens (tertiary/aromatic N) is 2. The van der Waals surface area contributed by atoms with Gasteiger partial charge in [-0.05, 0) is 24.6 Å². The fraction of sp³-hybridized carbons (Fsp3) is 0.0714. The number of ether oxygens (including phenoxy) is 1. The van der Waals surface area contributed by atoms with Gasteiger partial charge in [0.05, 0.1) is 15.4 Å². The molecule has 0 radical (unpaired) electrons. The van der Waals surface area contributed by atoms with Gasteiger partial charge in [0.25, 0.3) is 5.69 Å². The minimum absolute atomic E-state index is 0.0193. The van der Waals surface area contributed by atoms with E-state index in [-0.39, 0.29) is 16.8 Å². The molecule has 0 amide bonds. The molecule has 0 saturated heterocycles. The van der Waals surface area contributed by atoms with Gasteiger partial charge in [-0.15, -0.1) is 0 Å². The molecule has 8 nitrogen and oxygen atoms in total. The summed E-state index contributed by atoms with van der Waals surface area (Å²) in [6.45, 7) is 1.45. The highest BCUT2D eigenvalue weighted by Gasteiger charge is 2.21. The van der Waals surface area contributed by atoms with Crippen LogP contribution >= 0.6 is 0 Å². The average molecular weight is 320 g/mol. The standard InChI is InChI=1S/C14H9FN2O6/c1-8-6-10(16(19)20)3-4-11(8)14(18)23-13-7-9(15)2-5-12(13)17(21)22/h2-7H,1H3. The molecule has 0 aliphatic heterocycles. The maximum absolute atomic E-state index is 13.2. The van der Waals surface area contributed by atoms with E-state index in [1.54, 1.807) is 0 Å². The Bertz CT molecular complexity index is 821. The van der Waals surface area contributed by atoms with Gasteiger partial charge in [0.2, 0.25) is 5.75 Å². The molecule has 0 spiro atoms. The van der Waals surface area contributed by atoms with Gasteiger partial charge in [0, 0.05) is 24.3 Å². The molecule has 0 unspecified atom stereocenters. The Morgan fingerprint density at radius 1 is 1.09 bits per heavy atom. The number of nitro benzene ring substituents is 2. The highest BCUT2D eigenvalue weighted by Crippen LogP contribution is 2.29. The van der Waals surface area contributed by atoms with Crippen molar-refractivity contribution in [2.75, 3.05) is 0 Å². The molecule has 0 N–H and O–H groups in total. The number of carbonyl (C=O) groups excluding carboxylic acids is 1. The molecule has 9 heteroatoms. The van der Waals surface area contributed by atoms with Gasteiger partial charge >= 0.3 is 11.7 Å². The first kappa shape index (κ1) is 16.0. The number of nitro groups is 2. The van der Waals surface area contributed by atoms with Crippen molar-refractivity contribution < 1.29 is 23.8 Å². The number of esters is 1. The molecule has 0 heterocycles. The zero-order chi connectivity index (χ0) is 17.1. The summed E-state index contributed by atoms with van der Waals surface area (Å²) in [5, 5.41) is 21.5. The van der Waals surface area contributed by atoms with Gasteiger partial charge in [0.1, 0.15) is 5.82 Å². The van der Waals surface area contributed by atoms with Crippen LogP contribution in [0.3, 0.4) is 0 Å². The molecule has 118 valence electrons. The van der Waals surface area contributed by atoms with Crippen molar-refractivity contribution in [2.24, 2.45) is 0 Å². The lowest BCUT2D eigenvalue weighted by atomic mass is 10.1. The number of carbonyl (C=O) groups is 1. The van der Waals surface area contributed by atoms with E-state index in [1.165, 1.54) is 13.0 Å². The van der Waals surface area contributed by atoms with Gasteiger partial charge in [-0.3, -0.25) is 20.2 Å². The third kappa shape index (κ3) is 3.46. The molecule has 23 heavy (non-hydrogen) atoms. The topological polar surface area (TPSA) is 113 Å². The lowest BCUT2D eigenvalue weighted by Gasteiger charge is -2.07. The van der Waals surface area contributed by atoms with Crippen molar-refractivity contribution in [3.8, 4) is 5.75 Å². The number of benzene rings is 2. The molecule has 2 rings (SSSR count). The van der Waals surface area contributed by atoms with E-state index in [9.17, 15) is 29.4 Å². The summed E-state index contributed by atoms with van der Waals surface area (Å²) in [7, 11) is 0. The molecule has 0 bridgehead atoms. The summed E-state index contributed by atoms with van der Waals surface area (Å²) in [6, 6.07) is 5.89. The van der Waals surface area contributed by atoms with Crippen molar-refractivity contribution in [1.82, 2.24) is 0 Å². The molecular formula is C14H9FN2O6. The highest BCUT2D eigenvalue weighted by atomic mass is 19.1. The second-order valence-corrected chi connectivity index (χ2v) is 4.52. The summed E-state index contributed by atoms with van der Waals surface area (Å²) in [4.78, 5) is 32.1. The lowest BCUT2D eigenvalue weighted by Crippen LogP contribution is -2.11. The summed E-state index contributed by atoms with van der Waals surface area (Å²) >= 11 is 0. The predicted molar refractivity (Wildman–Crippen MR) is 75.8 cm³/mol. The zero-order valence-electron chi connectivity index (χ0n) is 11.7. The Labute approximate surface area is 128 Å². The van der Waals surface area contributed by atoms with Crippen molar-refractivity contribution in [3.05, 3.63) is 73.6 Å². The van der Waals surface area contributed by atoms with Crippen molar-refractivity contribution in [1.29, 1.82) is 0 Å². The number of halogens is 1. The molecule has 0 aliphatic carbocycles. The Hall–Kier alpha value is -3.36. The fourth-order valence-corrected chi connectivity index (χ4v) is 1.87. The van der Waals surface area contributed by atoms with E-state index in [0.717, 1.165) is 30.3 Å². The van der Waals surface area contributed by atoms with Crippen LogP contribution < -0.4 is 4.74 Å². The second-order valence-electron chi connectivity index (χ2n) is 4.52. The Morgan fingerprint density at radius 2 is 1.78 bits per heavy atom. The largest absolute Gasteiger partial charge is 0.415 e. The summed E-state index contributed by atoms with van der Waals surface area (Å²) < 4.78 is 18.1. The molecular weight excluding hydrogens is 311 g/mol. The first-order valence-electron chi connectivity index (χ1n) is 6.20. The average Bonchev–Trinajstić information content (AvgIpc) is 2.46. The highest BCUT2D eigenvalue weighted by molar-refractivity contribution is 5.93. The second kappa shape index (κ2) is 6.18. The number of rotatable bonds is 4. The van der Waals surface area contributed by atoms with Crippen LogP contribution in [0.2, 0.25) is 0 Å². The third-order valence-corrected chi connectivity index (χ3v) is 2.96. The van der Waals surface area contributed by atoms with Gasteiger partial charge in [0.15, 0.2) is 0 Å². The molecule has 2 aromatic carbocycles. The Balaban J connectivity index is 2.35. The lowest BCUT2D eigenvalue weighted by molar-refractivity contribution is -0.385. The normalized spacial score (nSPS) is 10.2. The number of hydrogen-bond donors (Lipinski definition) is 0. The van der Waals surface area contributed by atoms with Crippen LogP contribution in [0.15, 0.2) is 36.4 Å². The third-order valence-electron chi connectivity index (χ3n) is 2.96. The molecule has 0 atom stereocenters. The van der Waals surface area contributed by atoms with Crippen LogP contribution in [0, 0.1) is 33.0 Å². The maximum atomic E-state index is 13.2. The SMILES string of the molecule is Cc1cc([N+](=O)[O-])ccc1C(=O)Oc1cc(F)ccc1[N+](=O)[O-]. The molecule has 0 fully saturated rings. The minimum Gasteiger partial charge on any atom is -0.415 e. The predicted octanol–water partition coefficient (Wildman–Crippen LogP) is 3.17. The fourth-order valence-electron chi connectivity index (χ4n) is 1.87. The number of non-ortho nitro benzene ring substituents is 1. The van der Waals surface area contributed by atoms with E-state index in [2.05, 4.69) is 0 Å². The van der Waals surface area contributed by atoms with Crippen LogP contribution in [0.1, 0.15) is 15.9 Å². The zero-order valence-corrected chi connectivity index (χ0v) is 11.7. The number of hydrogen-bond acceptors (Lipinski definition) is 6. The van der Waals surface area contributed by atoms with Crippen molar-refractivity contribution in [2.45, 2.75) is 6.92 Å². The summed E-state index contributed by atoms with van der Waals surface area (Å²) in [6.07, 6.45) is 0. The van der Waals surface area contributed by atoms with Crippen LogP contribution in [0.25, 0.3) is 0 Å². The maximum Gasteiger partial charge on any atom is 0.344 e. The Kier molecular flexibility index (Phi) is 4.30. The first-order chi connectivity index (χ1) is 10.8. The summed E-state index contributed by atoms with van der Waals surface area (Å²) in [5.41, 5.74) is -0.549. The van der Waals surface area contributed by atoms with E-state index in [0.29, 0.717) is 0 Å². The van der Waals surface area contributed by atoms with Gasteiger partial charge < -0.3 is 4.74 Å². The van der Waals surface area contributed by atoms with Gasteiger partial charge in [-0.1, -0.05) is 0 Å². The molecule has 0 aliphatic rings. The summed E-state index contributed by atoms with van der Waals surface area (Å²) in [5.74, 6) is -2.33. The van der Waals surface area contributed by atoms with Crippen LogP contribution in [0.4, 0.5) is 15.8 Å². The molecule has 2 aromatic rings. The number of aryl methyl sites for hydroxylation is 1. The van der Waals surface area contributed by atoms with Gasteiger partial charge in [-0.25, -0.2) is 9.18 Å². The van der Waals surface area contributed by atoms with Crippen LogP contribution in [-0.2, 0) is 0 Å². The molecule has 0 aromatic heterocycles. The van der Waals surface area contributed by atoms with Crippen LogP contribution in [0.5, 0.6) is 5.75 Å². The minimum atomic E-state index is -0.980. The van der Waals surface area contributed by atoms with Gasteiger partial charge in [-0.2, -0.15) is 0 Å². The molecule has 0 saturated carbocycles. The van der Waals surface area contributed by atoms with E-state index >= 15 is 0 Å². The first-order valence-corrected chi connectivity index (χ1v) is 6.20. The van der Waals surface area contributed by atoms with E-state index in [4.69, 9.17) is 4.74 Å². The quantitative estimate of drug-likeness (QED) is 0.370. The van der Waals surface area contributed by atoms with E-state index in [1.807, 2.05) is 0 Å². The Morgan fingerprint density at radius 3 is 2.35 bits per heavy atom. The smallest absolute Gasteiger partial charge is 0.344 e.